The fourth-order valence-electron chi connectivity index (χ4n) is 11.1. The molecule has 40 heavy (non-hydrogen) atoms. The van der Waals surface area contributed by atoms with Crippen molar-refractivity contribution in [3.8, 4) is 0 Å². The number of aliphatic hydroxyl groups is 1. The highest BCUT2D eigenvalue weighted by Gasteiger charge is 2.67. The first-order chi connectivity index (χ1) is 18.6. The standard InChI is InChI=1S/C35H54O5/c1-10-20(2)29(36)39-27-15-16-33(7)23-14-18-34(8)22(21-19-25(38-30(21)37)28-32(5,6)40-28)13-17-35(34,9)24(23)11-12-26(33)31(27,3)4/h10-11,21-23,25-28,30,37H,12-19H2,1-9H3/b20-10+/t21-,22+,23-,25+,26-,27+,28-,30+,33+,34-,35+/m0/s1. The summed E-state index contributed by atoms with van der Waals surface area (Å²) in [5.41, 5.74) is 2.73. The second kappa shape index (κ2) is 9.16. The molecule has 0 radical (unpaired) electrons. The van der Waals surface area contributed by atoms with Crippen LogP contribution in [0.25, 0.3) is 0 Å². The maximum Gasteiger partial charge on any atom is 0.333 e. The Bertz CT molecular complexity index is 1120. The van der Waals surface area contributed by atoms with E-state index in [9.17, 15) is 9.90 Å². The summed E-state index contributed by atoms with van der Waals surface area (Å²) in [6, 6.07) is 0. The van der Waals surface area contributed by atoms with Crippen molar-refractivity contribution in [1.82, 2.24) is 0 Å². The second-order valence-electron chi connectivity index (χ2n) is 16.3. The fourth-order valence-corrected chi connectivity index (χ4v) is 11.1. The highest BCUT2D eigenvalue weighted by atomic mass is 16.7. The van der Waals surface area contributed by atoms with Crippen LogP contribution in [0.3, 0.4) is 0 Å². The van der Waals surface area contributed by atoms with Gasteiger partial charge in [0.25, 0.3) is 0 Å². The van der Waals surface area contributed by atoms with E-state index in [1.54, 1.807) is 5.57 Å². The first-order valence-electron chi connectivity index (χ1n) is 16.2. The van der Waals surface area contributed by atoms with E-state index < -0.39 is 6.29 Å². The second-order valence-corrected chi connectivity index (χ2v) is 16.3. The smallest absolute Gasteiger partial charge is 0.333 e. The molecule has 2 saturated heterocycles. The van der Waals surface area contributed by atoms with Crippen LogP contribution in [0.15, 0.2) is 23.3 Å². The van der Waals surface area contributed by atoms with Crippen LogP contribution in [0.5, 0.6) is 0 Å². The number of hydrogen-bond donors (Lipinski definition) is 1. The van der Waals surface area contributed by atoms with Gasteiger partial charge >= 0.3 is 5.97 Å². The van der Waals surface area contributed by atoms with Crippen LogP contribution >= 0.6 is 0 Å². The Morgan fingerprint density at radius 2 is 1.75 bits per heavy atom. The summed E-state index contributed by atoms with van der Waals surface area (Å²) >= 11 is 0. The van der Waals surface area contributed by atoms with Crippen LogP contribution in [-0.4, -0.2) is 41.3 Å². The van der Waals surface area contributed by atoms with Crippen molar-refractivity contribution in [2.75, 3.05) is 0 Å². The molecule has 0 amide bonds. The van der Waals surface area contributed by atoms with Crippen LogP contribution in [0.2, 0.25) is 0 Å². The summed E-state index contributed by atoms with van der Waals surface area (Å²) in [7, 11) is 0. The molecule has 0 unspecified atom stereocenters. The van der Waals surface area contributed by atoms with Crippen LogP contribution in [0, 0.1) is 45.3 Å². The zero-order valence-corrected chi connectivity index (χ0v) is 26.5. The van der Waals surface area contributed by atoms with E-state index in [1.807, 2.05) is 19.9 Å². The number of carbonyl (C=O) groups is 1. The van der Waals surface area contributed by atoms with Gasteiger partial charge in [0.15, 0.2) is 6.29 Å². The Morgan fingerprint density at radius 1 is 1.05 bits per heavy atom. The molecule has 1 N–H and O–H groups in total. The summed E-state index contributed by atoms with van der Waals surface area (Å²) in [6.07, 6.45) is 12.7. The third-order valence-electron chi connectivity index (χ3n) is 13.9. The third kappa shape index (κ3) is 3.92. The van der Waals surface area contributed by atoms with Gasteiger partial charge in [-0.05, 0) is 113 Å². The van der Waals surface area contributed by atoms with Crippen molar-refractivity contribution >= 4 is 5.97 Å². The fraction of sp³-hybridized carbons (Fsp3) is 0.857. The number of aliphatic hydroxyl groups excluding tert-OH is 1. The monoisotopic (exact) mass is 554 g/mol. The minimum Gasteiger partial charge on any atom is -0.458 e. The largest absolute Gasteiger partial charge is 0.458 e. The third-order valence-corrected chi connectivity index (χ3v) is 13.9. The van der Waals surface area contributed by atoms with Gasteiger partial charge in [-0.25, -0.2) is 4.79 Å². The molecule has 5 heteroatoms. The number of hydrogen-bond acceptors (Lipinski definition) is 5. The first-order valence-corrected chi connectivity index (χ1v) is 16.2. The average molecular weight is 555 g/mol. The van der Waals surface area contributed by atoms with E-state index >= 15 is 0 Å². The lowest BCUT2D eigenvalue weighted by atomic mass is 9.41. The molecule has 6 aliphatic rings. The summed E-state index contributed by atoms with van der Waals surface area (Å²) in [6.45, 7) is 20.4. The van der Waals surface area contributed by atoms with Gasteiger partial charge in [0.05, 0.1) is 11.7 Å². The molecule has 0 aromatic carbocycles. The molecular weight excluding hydrogens is 500 g/mol. The molecule has 0 aromatic rings. The molecule has 2 aliphatic heterocycles. The van der Waals surface area contributed by atoms with Crippen LogP contribution in [0.1, 0.15) is 114 Å². The molecular formula is C35H54O5. The van der Waals surface area contributed by atoms with Gasteiger partial charge < -0.3 is 19.3 Å². The molecule has 5 nitrogen and oxygen atoms in total. The topological polar surface area (TPSA) is 68.3 Å². The molecule has 224 valence electrons. The highest BCUT2D eigenvalue weighted by Crippen LogP contribution is 2.74. The Morgan fingerprint density at radius 3 is 2.40 bits per heavy atom. The molecule has 2 heterocycles. The van der Waals surface area contributed by atoms with Crippen molar-refractivity contribution in [1.29, 1.82) is 0 Å². The maximum absolute atomic E-state index is 12.7. The first kappa shape index (κ1) is 28.9. The summed E-state index contributed by atoms with van der Waals surface area (Å²) in [4.78, 5) is 12.7. The number of allylic oxidation sites excluding steroid dienone is 3. The predicted molar refractivity (Wildman–Crippen MR) is 156 cm³/mol. The van der Waals surface area contributed by atoms with E-state index in [0.29, 0.717) is 23.3 Å². The normalized spacial score (nSPS) is 50.9. The molecule has 0 aromatic heterocycles. The number of ether oxygens (including phenoxy) is 3. The predicted octanol–water partition coefficient (Wildman–Crippen LogP) is 7.37. The summed E-state index contributed by atoms with van der Waals surface area (Å²) < 4.78 is 18.2. The van der Waals surface area contributed by atoms with E-state index in [1.165, 1.54) is 19.3 Å². The van der Waals surface area contributed by atoms with E-state index in [-0.39, 0.29) is 57.5 Å². The summed E-state index contributed by atoms with van der Waals surface area (Å²) in [5.74, 6) is 1.56. The van der Waals surface area contributed by atoms with Crippen molar-refractivity contribution in [2.45, 2.75) is 144 Å². The lowest BCUT2D eigenvalue weighted by molar-refractivity contribution is -0.173. The van der Waals surface area contributed by atoms with Crippen molar-refractivity contribution < 1.29 is 24.1 Å². The molecule has 11 atom stereocenters. The quantitative estimate of drug-likeness (QED) is 0.170. The van der Waals surface area contributed by atoms with Crippen LogP contribution in [0.4, 0.5) is 0 Å². The Labute approximate surface area is 242 Å². The summed E-state index contributed by atoms with van der Waals surface area (Å²) in [5, 5.41) is 11.1. The average Bonchev–Trinajstić information content (AvgIpc) is 3.21. The molecule has 6 rings (SSSR count). The number of rotatable bonds is 4. The minimum atomic E-state index is -0.681. The Kier molecular flexibility index (Phi) is 6.63. The van der Waals surface area contributed by atoms with Gasteiger partial charge in [0.1, 0.15) is 12.2 Å². The molecule has 3 saturated carbocycles. The zero-order chi connectivity index (χ0) is 29.0. The number of esters is 1. The highest BCUT2D eigenvalue weighted by molar-refractivity contribution is 5.87. The minimum absolute atomic E-state index is 0.0125. The van der Waals surface area contributed by atoms with Crippen molar-refractivity contribution in [3.63, 3.8) is 0 Å². The van der Waals surface area contributed by atoms with E-state index in [2.05, 4.69) is 54.5 Å². The van der Waals surface area contributed by atoms with Gasteiger partial charge in [-0.1, -0.05) is 52.3 Å². The van der Waals surface area contributed by atoms with E-state index in [0.717, 1.165) is 32.1 Å². The van der Waals surface area contributed by atoms with Gasteiger partial charge in [-0.3, -0.25) is 0 Å². The molecule has 4 aliphatic carbocycles. The zero-order valence-electron chi connectivity index (χ0n) is 26.5. The van der Waals surface area contributed by atoms with Crippen molar-refractivity contribution in [2.24, 2.45) is 45.3 Å². The Hall–Kier alpha value is -1.17. The van der Waals surface area contributed by atoms with E-state index in [4.69, 9.17) is 14.2 Å². The molecule has 0 bridgehead atoms. The lowest BCUT2D eigenvalue weighted by Gasteiger charge is -2.64. The maximum atomic E-state index is 12.7. The SMILES string of the molecule is C/C=C(\C)C(=O)O[C@@H]1CC[C@]2(C)[C@H]3CC[C@@]4(C)[C@@H]([C@@H]5C[C@H]([C@@H]6OC6(C)C)O[C@H]5O)CC[C@]4(C)C3=CC[C@H]2C1(C)C. The van der Waals surface area contributed by atoms with Crippen LogP contribution < -0.4 is 0 Å². The van der Waals surface area contributed by atoms with Crippen molar-refractivity contribution in [3.05, 3.63) is 23.3 Å². The number of fused-ring (bicyclic) bond motifs is 5. The lowest BCUT2D eigenvalue weighted by Crippen LogP contribution is -2.58. The molecule has 0 spiro atoms. The van der Waals surface area contributed by atoms with Gasteiger partial charge in [0, 0.05) is 16.9 Å². The van der Waals surface area contributed by atoms with Crippen LogP contribution in [-0.2, 0) is 19.0 Å². The Balaban J connectivity index is 1.25. The van der Waals surface area contributed by atoms with Gasteiger partial charge in [-0.15, -0.1) is 0 Å². The molecule has 5 fully saturated rings. The van der Waals surface area contributed by atoms with Gasteiger partial charge in [-0.2, -0.15) is 0 Å². The number of epoxide rings is 1. The van der Waals surface area contributed by atoms with Gasteiger partial charge in [0.2, 0.25) is 0 Å². The number of carbonyl (C=O) groups excluding carboxylic acids is 1.